The monoisotopic (exact) mass is 217 g/mol. The lowest BCUT2D eigenvalue weighted by Gasteiger charge is -1.97. The van der Waals surface area contributed by atoms with Crippen LogP contribution < -0.4 is 0 Å². The van der Waals surface area contributed by atoms with Crippen LogP contribution in [-0.2, 0) is 15.9 Å². The maximum atomic E-state index is 10.4. The quantitative estimate of drug-likeness (QED) is 0.462. The van der Waals surface area contributed by atoms with Crippen LogP contribution in [0.15, 0.2) is 24.3 Å². The van der Waals surface area contributed by atoms with E-state index in [4.69, 9.17) is 4.55 Å². The third-order valence-corrected chi connectivity index (χ3v) is 2.19. The van der Waals surface area contributed by atoms with E-state index >= 15 is 0 Å². The standard InChI is InChI=1S/C7H7NO5S/c9-8(10)7-3-1-6(2-4-7)5-14(11,12)13/h1-4H,5H2,(H,11,12,13). The fraction of sp³-hybridized carbons (Fsp3) is 0.143. The Bertz CT molecular complexity index is 436. The molecule has 0 saturated carbocycles. The molecule has 0 aliphatic rings. The Morgan fingerprint density at radius 2 is 1.79 bits per heavy atom. The number of hydrogen-bond acceptors (Lipinski definition) is 4. The summed E-state index contributed by atoms with van der Waals surface area (Å²) in [7, 11) is -4.08. The average Bonchev–Trinajstić information content (AvgIpc) is 2.02. The van der Waals surface area contributed by atoms with Crippen molar-refractivity contribution in [1.29, 1.82) is 0 Å². The van der Waals surface area contributed by atoms with E-state index in [0.29, 0.717) is 5.56 Å². The zero-order valence-electron chi connectivity index (χ0n) is 6.95. The number of rotatable bonds is 3. The first-order valence-corrected chi connectivity index (χ1v) is 5.18. The van der Waals surface area contributed by atoms with E-state index < -0.39 is 20.8 Å². The molecule has 0 radical (unpaired) electrons. The number of hydrogen-bond donors (Lipinski definition) is 1. The maximum absolute atomic E-state index is 10.4. The van der Waals surface area contributed by atoms with Crippen LogP contribution >= 0.6 is 0 Å². The lowest BCUT2D eigenvalue weighted by atomic mass is 10.2. The van der Waals surface area contributed by atoms with Gasteiger partial charge in [0, 0.05) is 12.1 Å². The first-order chi connectivity index (χ1) is 6.38. The second-order valence-electron chi connectivity index (χ2n) is 2.65. The van der Waals surface area contributed by atoms with Gasteiger partial charge in [0.15, 0.2) is 0 Å². The molecule has 0 bridgehead atoms. The number of benzene rings is 1. The molecule has 1 aromatic rings. The zero-order chi connectivity index (χ0) is 10.8. The first-order valence-electron chi connectivity index (χ1n) is 3.57. The first kappa shape index (κ1) is 10.6. The molecule has 0 atom stereocenters. The van der Waals surface area contributed by atoms with E-state index in [1.807, 2.05) is 0 Å². The fourth-order valence-electron chi connectivity index (χ4n) is 0.925. The molecule has 0 heterocycles. The van der Waals surface area contributed by atoms with Crippen molar-refractivity contribution in [1.82, 2.24) is 0 Å². The molecule has 0 aliphatic carbocycles. The van der Waals surface area contributed by atoms with E-state index in [1.54, 1.807) is 0 Å². The Balaban J connectivity index is 2.90. The number of non-ortho nitro benzene ring substituents is 1. The summed E-state index contributed by atoms with van der Waals surface area (Å²) in [5.41, 5.74) is 0.183. The van der Waals surface area contributed by atoms with Gasteiger partial charge in [0.2, 0.25) is 0 Å². The van der Waals surface area contributed by atoms with Crippen LogP contribution in [0.3, 0.4) is 0 Å². The van der Waals surface area contributed by atoms with Gasteiger partial charge in [-0.1, -0.05) is 12.1 Å². The second kappa shape index (κ2) is 3.72. The highest BCUT2D eigenvalue weighted by molar-refractivity contribution is 7.85. The maximum Gasteiger partial charge on any atom is 0.269 e. The molecule has 6 nitrogen and oxygen atoms in total. The molecule has 0 unspecified atom stereocenters. The molecular formula is C7H7NO5S. The Labute approximate surface area is 80.1 Å². The third kappa shape index (κ3) is 3.11. The summed E-state index contributed by atoms with van der Waals surface area (Å²) in [5, 5.41) is 10.2. The Hall–Kier alpha value is -1.47. The van der Waals surface area contributed by atoms with Crippen LogP contribution in [0.5, 0.6) is 0 Å². The Kier molecular flexibility index (Phi) is 2.82. The minimum atomic E-state index is -4.08. The van der Waals surface area contributed by atoms with Gasteiger partial charge in [0.05, 0.1) is 4.92 Å². The predicted octanol–water partition coefficient (Wildman–Crippen LogP) is 0.983. The number of nitro groups is 1. The summed E-state index contributed by atoms with van der Waals surface area (Å²) in [6.07, 6.45) is 0. The van der Waals surface area contributed by atoms with E-state index in [2.05, 4.69) is 0 Å². The van der Waals surface area contributed by atoms with Gasteiger partial charge in [0.1, 0.15) is 5.75 Å². The summed E-state index contributed by atoms with van der Waals surface area (Å²) < 4.78 is 29.4. The molecule has 0 saturated heterocycles. The van der Waals surface area contributed by atoms with Gasteiger partial charge < -0.3 is 0 Å². The second-order valence-corrected chi connectivity index (χ2v) is 4.10. The third-order valence-electron chi connectivity index (χ3n) is 1.50. The molecule has 1 aromatic carbocycles. The molecule has 7 heteroatoms. The molecule has 0 aliphatic heterocycles. The summed E-state index contributed by atoms with van der Waals surface area (Å²) in [6, 6.07) is 4.93. The van der Waals surface area contributed by atoms with Crippen LogP contribution in [0, 0.1) is 10.1 Å². The summed E-state index contributed by atoms with van der Waals surface area (Å²) in [4.78, 5) is 9.65. The number of nitrogens with zero attached hydrogens (tertiary/aromatic N) is 1. The molecule has 0 fully saturated rings. The molecule has 1 rings (SSSR count). The molecule has 0 amide bonds. The SMILES string of the molecule is O=[N+]([O-])c1ccc(CS(=O)(=O)O)cc1. The van der Waals surface area contributed by atoms with Crippen LogP contribution in [0.4, 0.5) is 5.69 Å². The highest BCUT2D eigenvalue weighted by Crippen LogP contribution is 2.13. The smallest absolute Gasteiger partial charge is 0.269 e. The summed E-state index contributed by atoms with van der Waals surface area (Å²) >= 11 is 0. The lowest BCUT2D eigenvalue weighted by molar-refractivity contribution is -0.384. The molecule has 0 aromatic heterocycles. The fourth-order valence-corrected chi connectivity index (χ4v) is 1.54. The molecule has 0 spiro atoms. The van der Waals surface area contributed by atoms with Gasteiger partial charge in [0.25, 0.3) is 15.8 Å². The zero-order valence-corrected chi connectivity index (χ0v) is 7.77. The largest absolute Gasteiger partial charge is 0.285 e. The Morgan fingerprint density at radius 1 is 1.29 bits per heavy atom. The highest BCUT2D eigenvalue weighted by atomic mass is 32.2. The van der Waals surface area contributed by atoms with Crippen LogP contribution in [0.1, 0.15) is 5.56 Å². The molecule has 1 N–H and O–H groups in total. The van der Waals surface area contributed by atoms with Crippen molar-refractivity contribution in [3.8, 4) is 0 Å². The van der Waals surface area contributed by atoms with Crippen LogP contribution in [0.2, 0.25) is 0 Å². The van der Waals surface area contributed by atoms with Crippen molar-refractivity contribution in [2.24, 2.45) is 0 Å². The summed E-state index contributed by atoms with van der Waals surface area (Å²) in [5.74, 6) is -0.537. The van der Waals surface area contributed by atoms with Gasteiger partial charge >= 0.3 is 0 Å². The lowest BCUT2D eigenvalue weighted by Crippen LogP contribution is -2.01. The van der Waals surface area contributed by atoms with E-state index in [1.165, 1.54) is 24.3 Å². The summed E-state index contributed by atoms with van der Waals surface area (Å²) in [6.45, 7) is 0. The van der Waals surface area contributed by atoms with Gasteiger partial charge in [-0.3, -0.25) is 14.7 Å². The van der Waals surface area contributed by atoms with Crippen LogP contribution in [0.25, 0.3) is 0 Å². The minimum Gasteiger partial charge on any atom is -0.285 e. The van der Waals surface area contributed by atoms with Crippen LogP contribution in [-0.4, -0.2) is 17.9 Å². The van der Waals surface area contributed by atoms with E-state index in [9.17, 15) is 18.5 Å². The van der Waals surface area contributed by atoms with Crippen molar-refractivity contribution in [2.45, 2.75) is 5.75 Å². The van der Waals surface area contributed by atoms with Crippen molar-refractivity contribution < 1.29 is 17.9 Å². The molecular weight excluding hydrogens is 210 g/mol. The van der Waals surface area contributed by atoms with Gasteiger partial charge in [-0.2, -0.15) is 8.42 Å². The van der Waals surface area contributed by atoms with Gasteiger partial charge in [-0.05, 0) is 5.56 Å². The number of nitro benzene ring substituents is 1. The topological polar surface area (TPSA) is 97.5 Å². The van der Waals surface area contributed by atoms with Crippen molar-refractivity contribution >= 4 is 15.8 Å². The van der Waals surface area contributed by atoms with E-state index in [0.717, 1.165) is 0 Å². The predicted molar refractivity (Wildman–Crippen MR) is 48.3 cm³/mol. The highest BCUT2D eigenvalue weighted by Gasteiger charge is 2.08. The van der Waals surface area contributed by atoms with Gasteiger partial charge in [-0.15, -0.1) is 0 Å². The average molecular weight is 217 g/mol. The molecule has 14 heavy (non-hydrogen) atoms. The van der Waals surface area contributed by atoms with Gasteiger partial charge in [-0.25, -0.2) is 0 Å². The Morgan fingerprint density at radius 3 is 2.14 bits per heavy atom. The van der Waals surface area contributed by atoms with E-state index in [-0.39, 0.29) is 5.69 Å². The normalized spacial score (nSPS) is 11.2. The minimum absolute atomic E-state index is 0.121. The van der Waals surface area contributed by atoms with Crippen molar-refractivity contribution in [3.63, 3.8) is 0 Å². The van der Waals surface area contributed by atoms with Crippen molar-refractivity contribution in [3.05, 3.63) is 39.9 Å². The molecule has 76 valence electrons. The van der Waals surface area contributed by atoms with Crippen molar-refractivity contribution in [2.75, 3.05) is 0 Å².